The molecule has 0 unspecified atom stereocenters. The minimum atomic E-state index is -4.26. The lowest BCUT2D eigenvalue weighted by molar-refractivity contribution is 0.162. The van der Waals surface area contributed by atoms with Crippen molar-refractivity contribution >= 4 is 16.3 Å². The lowest BCUT2D eigenvalue weighted by atomic mass is 10.3. The number of hydrogen-bond acceptors (Lipinski definition) is 6. The van der Waals surface area contributed by atoms with Crippen LogP contribution in [0.4, 0.5) is 4.79 Å². The van der Waals surface area contributed by atoms with Crippen LogP contribution in [0.3, 0.4) is 0 Å². The van der Waals surface area contributed by atoms with Gasteiger partial charge < -0.3 is 15.1 Å². The van der Waals surface area contributed by atoms with E-state index in [4.69, 9.17) is 10.3 Å². The molecule has 0 aromatic carbocycles. The van der Waals surface area contributed by atoms with Gasteiger partial charge in [-0.05, 0) is 18.6 Å². The summed E-state index contributed by atoms with van der Waals surface area (Å²) in [6, 6.07) is 0. The maximum absolute atomic E-state index is 10.7. The first-order valence-corrected chi connectivity index (χ1v) is 5.26. The van der Waals surface area contributed by atoms with E-state index >= 15 is 0 Å². The Bertz CT molecular complexity index is 336. The largest absolute Gasteiger partial charge is 0.445 e. The molecule has 0 spiro atoms. The quantitative estimate of drug-likeness (QED) is 0.356. The molecule has 0 saturated heterocycles. The Morgan fingerprint density at radius 1 is 1.53 bits per heavy atom. The molecule has 88 valence electrons. The first kappa shape index (κ1) is 13.8. The average Bonchev–Trinajstić information content (AvgIpc) is 2.16. The van der Waals surface area contributed by atoms with Crippen LogP contribution in [0.25, 0.3) is 0 Å². The summed E-state index contributed by atoms with van der Waals surface area (Å²) in [6.07, 6.45) is 0.164. The summed E-state index contributed by atoms with van der Waals surface area (Å²) in [7, 11) is -4.26. The number of carbonyl (C=O) groups is 1. The smallest absolute Gasteiger partial charge is 0.422 e. The number of ether oxygens (including phenoxy) is 1. The van der Waals surface area contributed by atoms with Crippen LogP contribution >= 0.6 is 0 Å². The van der Waals surface area contributed by atoms with Gasteiger partial charge >= 0.3 is 16.3 Å². The van der Waals surface area contributed by atoms with Gasteiger partial charge in [-0.2, -0.15) is 8.42 Å². The molecule has 8 nitrogen and oxygen atoms in total. The van der Waals surface area contributed by atoms with Crippen molar-refractivity contribution in [2.24, 2.45) is 0 Å². The minimum Gasteiger partial charge on any atom is -0.445 e. The van der Waals surface area contributed by atoms with Gasteiger partial charge in [-0.3, -0.25) is 0 Å². The molecule has 0 radical (unpaired) electrons. The molecule has 0 heterocycles. The average molecular weight is 240 g/mol. The molecule has 15 heavy (non-hydrogen) atoms. The van der Waals surface area contributed by atoms with Crippen LogP contribution in [0.15, 0.2) is 11.6 Å². The highest BCUT2D eigenvalue weighted by molar-refractivity contribution is 7.87. The zero-order valence-electron chi connectivity index (χ0n) is 7.93. The predicted octanol–water partition coefficient (Wildman–Crippen LogP) is -1.13. The van der Waals surface area contributed by atoms with E-state index in [1.165, 1.54) is 10.8 Å². The Morgan fingerprint density at radius 3 is 2.60 bits per heavy atom. The summed E-state index contributed by atoms with van der Waals surface area (Å²) in [6.45, 7) is 1.24. The summed E-state index contributed by atoms with van der Waals surface area (Å²) < 4.78 is 26.8. The second-order valence-electron chi connectivity index (χ2n) is 2.50. The highest BCUT2D eigenvalue weighted by Crippen LogP contribution is 1.90. The first-order chi connectivity index (χ1) is 6.91. The standard InChI is InChI=1S/C6H12N2O6S/c1-5(4-9)2-3-14-6(10)7-15(12,13)8-11/h2,8-9,11H,3-4H2,1H3,(H,7,10)/b5-2+. The molecule has 0 saturated carbocycles. The number of hydrogen-bond donors (Lipinski definition) is 4. The van der Waals surface area contributed by atoms with Gasteiger partial charge in [0.2, 0.25) is 0 Å². The van der Waals surface area contributed by atoms with Crippen LogP contribution in [0.5, 0.6) is 0 Å². The molecular weight excluding hydrogens is 228 g/mol. The SMILES string of the molecule is C/C(=C\COC(=O)NS(=O)(=O)NO)CO. The van der Waals surface area contributed by atoms with Crippen LogP contribution in [0, 0.1) is 0 Å². The van der Waals surface area contributed by atoms with Crippen molar-refractivity contribution in [2.45, 2.75) is 6.92 Å². The second-order valence-corrected chi connectivity index (χ2v) is 3.90. The molecule has 1 amide bonds. The van der Waals surface area contributed by atoms with E-state index in [0.717, 1.165) is 4.89 Å². The normalized spacial score (nSPS) is 12.3. The summed E-state index contributed by atoms with van der Waals surface area (Å²) in [4.78, 5) is 11.6. The monoisotopic (exact) mass is 240 g/mol. The molecular formula is C6H12N2O6S. The zero-order valence-corrected chi connectivity index (χ0v) is 8.74. The highest BCUT2D eigenvalue weighted by Gasteiger charge is 2.12. The summed E-state index contributed by atoms with van der Waals surface area (Å²) >= 11 is 0. The number of amides is 1. The van der Waals surface area contributed by atoms with E-state index in [1.54, 1.807) is 6.92 Å². The van der Waals surface area contributed by atoms with E-state index in [9.17, 15) is 13.2 Å². The number of aliphatic hydroxyl groups is 1. The van der Waals surface area contributed by atoms with Crippen molar-refractivity contribution in [1.82, 2.24) is 9.61 Å². The van der Waals surface area contributed by atoms with E-state index in [2.05, 4.69) is 4.74 Å². The van der Waals surface area contributed by atoms with E-state index in [1.807, 2.05) is 0 Å². The topological polar surface area (TPSA) is 125 Å². The van der Waals surface area contributed by atoms with Crippen LogP contribution in [-0.2, 0) is 14.9 Å². The Balaban J connectivity index is 3.97. The van der Waals surface area contributed by atoms with Crippen molar-refractivity contribution in [1.29, 1.82) is 0 Å². The van der Waals surface area contributed by atoms with Gasteiger partial charge in [0.25, 0.3) is 0 Å². The van der Waals surface area contributed by atoms with Gasteiger partial charge in [0, 0.05) is 0 Å². The van der Waals surface area contributed by atoms with Crippen molar-refractivity contribution in [3.8, 4) is 0 Å². The van der Waals surface area contributed by atoms with E-state index in [0.29, 0.717) is 5.57 Å². The molecule has 0 aliphatic rings. The highest BCUT2D eigenvalue weighted by atomic mass is 32.2. The van der Waals surface area contributed by atoms with Crippen LogP contribution in [-0.4, -0.2) is 38.0 Å². The molecule has 0 aliphatic heterocycles. The molecule has 0 aromatic rings. The molecule has 0 aliphatic carbocycles. The molecule has 4 N–H and O–H groups in total. The lowest BCUT2D eigenvalue weighted by Gasteiger charge is -2.04. The van der Waals surface area contributed by atoms with Crippen LogP contribution in [0.1, 0.15) is 6.92 Å². The number of carbonyl (C=O) groups excluding carboxylic acids is 1. The Hall–Kier alpha value is -1.16. The van der Waals surface area contributed by atoms with Crippen LogP contribution < -0.4 is 9.61 Å². The zero-order chi connectivity index (χ0) is 11.9. The molecule has 0 rings (SSSR count). The van der Waals surface area contributed by atoms with Gasteiger partial charge in [0.05, 0.1) is 6.61 Å². The summed E-state index contributed by atoms with van der Waals surface area (Å²) in [5.74, 6) is 0. The third kappa shape index (κ3) is 6.85. The van der Waals surface area contributed by atoms with Gasteiger partial charge in [-0.15, -0.1) is 0 Å². The van der Waals surface area contributed by atoms with E-state index < -0.39 is 16.3 Å². The fraction of sp³-hybridized carbons (Fsp3) is 0.500. The maximum Gasteiger partial charge on any atom is 0.422 e. The molecule has 9 heteroatoms. The molecule has 0 fully saturated rings. The number of nitrogens with one attached hydrogen (secondary N) is 2. The summed E-state index contributed by atoms with van der Waals surface area (Å²) in [5, 5.41) is 16.6. The number of rotatable bonds is 5. The van der Waals surface area contributed by atoms with Crippen molar-refractivity contribution in [3.63, 3.8) is 0 Å². The Labute approximate surface area is 86.7 Å². The van der Waals surface area contributed by atoms with Crippen molar-refractivity contribution in [2.75, 3.05) is 13.2 Å². The first-order valence-electron chi connectivity index (χ1n) is 3.78. The van der Waals surface area contributed by atoms with Gasteiger partial charge in [-0.25, -0.2) is 9.52 Å². The maximum atomic E-state index is 10.7. The molecule has 0 bridgehead atoms. The molecule has 0 aromatic heterocycles. The van der Waals surface area contributed by atoms with Crippen molar-refractivity contribution < 1.29 is 28.3 Å². The fourth-order valence-electron chi connectivity index (χ4n) is 0.486. The summed E-state index contributed by atoms with van der Waals surface area (Å²) in [5.41, 5.74) is 0.575. The predicted molar refractivity (Wildman–Crippen MR) is 49.2 cm³/mol. The Morgan fingerprint density at radius 2 is 2.13 bits per heavy atom. The van der Waals surface area contributed by atoms with Gasteiger partial charge in [-0.1, -0.05) is 4.89 Å². The minimum absolute atomic E-state index is 0.179. The van der Waals surface area contributed by atoms with E-state index in [-0.39, 0.29) is 13.2 Å². The third-order valence-electron chi connectivity index (χ3n) is 1.23. The van der Waals surface area contributed by atoms with Crippen molar-refractivity contribution in [3.05, 3.63) is 11.6 Å². The van der Waals surface area contributed by atoms with Gasteiger partial charge in [0.1, 0.15) is 6.61 Å². The Kier molecular flexibility index (Phi) is 5.86. The molecule has 0 atom stereocenters. The number of aliphatic hydroxyl groups excluding tert-OH is 1. The van der Waals surface area contributed by atoms with Crippen LogP contribution in [0.2, 0.25) is 0 Å². The van der Waals surface area contributed by atoms with Gasteiger partial charge in [0.15, 0.2) is 0 Å². The third-order valence-corrected chi connectivity index (χ3v) is 1.91. The lowest BCUT2D eigenvalue weighted by Crippen LogP contribution is -2.38. The second kappa shape index (κ2) is 6.35. The fourth-order valence-corrected chi connectivity index (χ4v) is 0.810.